The van der Waals surface area contributed by atoms with E-state index < -0.39 is 6.43 Å². The molecule has 1 aromatic rings. The minimum absolute atomic E-state index is 0.0556. The number of benzene rings is 1. The van der Waals surface area contributed by atoms with Crippen molar-refractivity contribution < 1.29 is 13.6 Å². The number of rotatable bonds is 2. The second-order valence-corrected chi connectivity index (χ2v) is 2.48. The smallest absolute Gasteiger partial charge is 0.263 e. The van der Waals surface area contributed by atoms with Gasteiger partial charge in [-0.3, -0.25) is 4.79 Å². The van der Waals surface area contributed by atoms with Gasteiger partial charge in [-0.15, -0.1) is 0 Å². The number of alkyl halides is 2. The Morgan fingerprint density at radius 2 is 1.75 bits per heavy atom. The van der Waals surface area contributed by atoms with Crippen molar-refractivity contribution in [3.63, 3.8) is 0 Å². The highest BCUT2D eigenvalue weighted by Gasteiger charge is 2.06. The summed E-state index contributed by atoms with van der Waals surface area (Å²) in [6.45, 7) is 1.40. The largest absolute Gasteiger partial charge is 0.295 e. The lowest BCUT2D eigenvalue weighted by molar-refractivity contribution is 0.101. The van der Waals surface area contributed by atoms with E-state index in [2.05, 4.69) is 0 Å². The van der Waals surface area contributed by atoms with Gasteiger partial charge in [0.1, 0.15) is 0 Å². The second kappa shape index (κ2) is 3.43. The molecule has 0 spiro atoms. The number of ketones is 1. The van der Waals surface area contributed by atoms with Gasteiger partial charge in [-0.1, -0.05) is 24.3 Å². The molecule has 0 saturated heterocycles. The highest BCUT2D eigenvalue weighted by atomic mass is 19.3. The van der Waals surface area contributed by atoms with Gasteiger partial charge < -0.3 is 0 Å². The SMILES string of the molecule is CC(=O)c1ccc(C(F)F)cc1. The van der Waals surface area contributed by atoms with Crippen LogP contribution in [0.1, 0.15) is 29.3 Å². The number of halogens is 2. The fraction of sp³-hybridized carbons (Fsp3) is 0.222. The Morgan fingerprint density at radius 3 is 2.08 bits per heavy atom. The molecule has 0 aliphatic rings. The van der Waals surface area contributed by atoms with Crippen LogP contribution in [0.2, 0.25) is 0 Å². The average molecular weight is 170 g/mol. The zero-order valence-corrected chi connectivity index (χ0v) is 6.55. The Bertz CT molecular complexity index is 277. The fourth-order valence-electron chi connectivity index (χ4n) is 0.863. The third-order valence-corrected chi connectivity index (χ3v) is 1.57. The highest BCUT2D eigenvalue weighted by molar-refractivity contribution is 5.93. The molecule has 0 saturated carbocycles. The van der Waals surface area contributed by atoms with E-state index >= 15 is 0 Å². The normalized spacial score (nSPS) is 10.3. The monoisotopic (exact) mass is 170 g/mol. The molecule has 0 bridgehead atoms. The van der Waals surface area contributed by atoms with Crippen molar-refractivity contribution in [3.8, 4) is 0 Å². The molecule has 64 valence electrons. The number of carbonyl (C=O) groups excluding carboxylic acids is 1. The minimum Gasteiger partial charge on any atom is -0.295 e. The maximum atomic E-state index is 12.0. The molecule has 0 atom stereocenters. The van der Waals surface area contributed by atoms with Gasteiger partial charge in [-0.2, -0.15) is 0 Å². The fourth-order valence-corrected chi connectivity index (χ4v) is 0.863. The van der Waals surface area contributed by atoms with E-state index in [1.807, 2.05) is 0 Å². The molecule has 0 aliphatic heterocycles. The molecule has 0 heterocycles. The van der Waals surface area contributed by atoms with Crippen LogP contribution in [0.3, 0.4) is 0 Å². The standard InChI is InChI=1S/C9H8F2O/c1-6(12)7-2-4-8(5-3-7)9(10)11/h2-5,9H,1H3. The second-order valence-electron chi connectivity index (χ2n) is 2.48. The zero-order chi connectivity index (χ0) is 9.14. The summed E-state index contributed by atoms with van der Waals surface area (Å²) < 4.78 is 24.0. The average Bonchev–Trinajstić information content (AvgIpc) is 2.04. The topological polar surface area (TPSA) is 17.1 Å². The molecule has 1 aromatic carbocycles. The Hall–Kier alpha value is -1.25. The van der Waals surface area contributed by atoms with Crippen LogP contribution in [0.4, 0.5) is 8.78 Å². The van der Waals surface area contributed by atoms with Gasteiger partial charge in [0, 0.05) is 11.1 Å². The van der Waals surface area contributed by atoms with Crippen LogP contribution in [0.5, 0.6) is 0 Å². The molecular formula is C9H8F2O. The van der Waals surface area contributed by atoms with Crippen molar-refractivity contribution in [3.05, 3.63) is 35.4 Å². The Balaban J connectivity index is 2.93. The molecule has 0 N–H and O–H groups in total. The van der Waals surface area contributed by atoms with Crippen LogP contribution in [-0.2, 0) is 0 Å². The number of Topliss-reactive ketones (excluding diaryl/α,β-unsaturated/α-hetero) is 1. The molecule has 0 unspecified atom stereocenters. The minimum atomic E-state index is -2.47. The van der Waals surface area contributed by atoms with E-state index in [1.165, 1.54) is 31.2 Å². The van der Waals surface area contributed by atoms with E-state index in [4.69, 9.17) is 0 Å². The lowest BCUT2D eigenvalue weighted by Crippen LogP contribution is -1.92. The molecule has 3 heteroatoms. The van der Waals surface area contributed by atoms with Gasteiger partial charge in [0.05, 0.1) is 0 Å². The van der Waals surface area contributed by atoms with Gasteiger partial charge in [-0.25, -0.2) is 8.78 Å². The first-order chi connectivity index (χ1) is 5.61. The van der Waals surface area contributed by atoms with Crippen LogP contribution in [0.15, 0.2) is 24.3 Å². The van der Waals surface area contributed by atoms with Crippen molar-refractivity contribution in [1.29, 1.82) is 0 Å². The van der Waals surface area contributed by atoms with E-state index in [0.29, 0.717) is 5.56 Å². The molecule has 0 aromatic heterocycles. The number of hydrogen-bond acceptors (Lipinski definition) is 1. The molecule has 0 aliphatic carbocycles. The Morgan fingerprint density at radius 1 is 1.25 bits per heavy atom. The van der Waals surface area contributed by atoms with E-state index in [9.17, 15) is 13.6 Å². The molecule has 0 radical (unpaired) electrons. The first-order valence-corrected chi connectivity index (χ1v) is 3.50. The van der Waals surface area contributed by atoms with Crippen molar-refractivity contribution in [2.24, 2.45) is 0 Å². The third kappa shape index (κ3) is 1.87. The molecule has 12 heavy (non-hydrogen) atoms. The van der Waals surface area contributed by atoms with Crippen molar-refractivity contribution in [2.75, 3.05) is 0 Å². The lowest BCUT2D eigenvalue weighted by Gasteiger charge is -1.99. The van der Waals surface area contributed by atoms with Crippen LogP contribution in [0.25, 0.3) is 0 Å². The maximum Gasteiger partial charge on any atom is 0.263 e. The van der Waals surface area contributed by atoms with Crippen LogP contribution in [0, 0.1) is 0 Å². The summed E-state index contributed by atoms with van der Waals surface area (Å²) >= 11 is 0. The van der Waals surface area contributed by atoms with Gasteiger partial charge in [0.25, 0.3) is 6.43 Å². The molecule has 0 amide bonds. The van der Waals surface area contributed by atoms with Gasteiger partial charge in [-0.05, 0) is 6.92 Å². The lowest BCUT2D eigenvalue weighted by atomic mass is 10.1. The quantitative estimate of drug-likeness (QED) is 0.623. The summed E-state index contributed by atoms with van der Waals surface area (Å²) in [7, 11) is 0. The summed E-state index contributed by atoms with van der Waals surface area (Å²) in [6, 6.07) is 5.34. The Kier molecular flexibility index (Phi) is 2.53. The summed E-state index contributed by atoms with van der Waals surface area (Å²) in [5, 5.41) is 0. The van der Waals surface area contributed by atoms with Crippen molar-refractivity contribution >= 4 is 5.78 Å². The van der Waals surface area contributed by atoms with Gasteiger partial charge in [0.15, 0.2) is 5.78 Å². The third-order valence-electron chi connectivity index (χ3n) is 1.57. The van der Waals surface area contributed by atoms with E-state index in [-0.39, 0.29) is 11.3 Å². The summed E-state index contributed by atoms with van der Waals surface area (Å²) in [6.07, 6.45) is -2.47. The highest BCUT2D eigenvalue weighted by Crippen LogP contribution is 2.18. The summed E-state index contributed by atoms with van der Waals surface area (Å²) in [4.78, 5) is 10.7. The summed E-state index contributed by atoms with van der Waals surface area (Å²) in [5.41, 5.74) is 0.402. The number of hydrogen-bond donors (Lipinski definition) is 0. The van der Waals surface area contributed by atoms with Crippen LogP contribution < -0.4 is 0 Å². The molecule has 0 fully saturated rings. The van der Waals surface area contributed by atoms with Gasteiger partial charge in [0.2, 0.25) is 0 Å². The first-order valence-electron chi connectivity index (χ1n) is 3.50. The maximum absolute atomic E-state index is 12.0. The molecule has 1 rings (SSSR count). The van der Waals surface area contributed by atoms with E-state index in [1.54, 1.807) is 0 Å². The van der Waals surface area contributed by atoms with Crippen molar-refractivity contribution in [1.82, 2.24) is 0 Å². The molecule has 1 nitrogen and oxygen atoms in total. The zero-order valence-electron chi connectivity index (χ0n) is 6.55. The van der Waals surface area contributed by atoms with Crippen LogP contribution in [-0.4, -0.2) is 5.78 Å². The van der Waals surface area contributed by atoms with Crippen LogP contribution >= 0.6 is 0 Å². The molecular weight excluding hydrogens is 162 g/mol. The Labute approximate surface area is 69.0 Å². The first kappa shape index (κ1) is 8.84. The van der Waals surface area contributed by atoms with E-state index in [0.717, 1.165) is 0 Å². The van der Waals surface area contributed by atoms with Crippen molar-refractivity contribution in [2.45, 2.75) is 13.3 Å². The summed E-state index contributed by atoms with van der Waals surface area (Å²) in [5.74, 6) is -0.115. The predicted octanol–water partition coefficient (Wildman–Crippen LogP) is 2.83. The number of carbonyl (C=O) groups is 1. The van der Waals surface area contributed by atoms with Gasteiger partial charge >= 0.3 is 0 Å². The predicted molar refractivity (Wildman–Crippen MR) is 41.4 cm³/mol.